The molecular weight excluding hydrogens is 314 g/mol. The summed E-state index contributed by atoms with van der Waals surface area (Å²) in [7, 11) is 0. The summed E-state index contributed by atoms with van der Waals surface area (Å²) in [5, 5.41) is 2.83. The molecule has 1 amide bonds. The lowest BCUT2D eigenvalue weighted by molar-refractivity contribution is -0.115. The summed E-state index contributed by atoms with van der Waals surface area (Å²) in [6, 6.07) is 17.9. The number of amides is 1. The van der Waals surface area contributed by atoms with Crippen molar-refractivity contribution in [3.63, 3.8) is 0 Å². The topological polar surface area (TPSA) is 29.1 Å². The molecule has 0 aliphatic rings. The first-order chi connectivity index (χ1) is 9.65. The van der Waals surface area contributed by atoms with Gasteiger partial charge in [0.25, 0.3) is 0 Å². The molecule has 0 unspecified atom stereocenters. The van der Waals surface area contributed by atoms with Crippen molar-refractivity contribution in [3.8, 4) is 0 Å². The van der Waals surface area contributed by atoms with Crippen LogP contribution in [-0.2, 0) is 4.79 Å². The summed E-state index contributed by atoms with van der Waals surface area (Å²) < 4.78 is 0. The number of nitrogens with one attached hydrogen (secondary N) is 1. The molecule has 2 aromatic rings. The third-order valence-corrected chi connectivity index (χ3v) is 3.22. The van der Waals surface area contributed by atoms with E-state index in [9.17, 15) is 4.79 Å². The Morgan fingerprint density at radius 2 is 1.55 bits per heavy atom. The Hall–Kier alpha value is -1.87. The molecule has 0 saturated carbocycles. The third kappa shape index (κ3) is 4.35. The first-order valence-electron chi connectivity index (χ1n) is 6.43. The molecule has 0 saturated heterocycles. The van der Waals surface area contributed by atoms with Crippen LogP contribution in [0.5, 0.6) is 0 Å². The molecule has 102 valence electrons. The number of alkyl halides is 1. The predicted molar refractivity (Wildman–Crippen MR) is 88.8 cm³/mol. The second kappa shape index (κ2) is 7.06. The van der Waals surface area contributed by atoms with Gasteiger partial charge >= 0.3 is 0 Å². The molecule has 0 aliphatic carbocycles. The number of benzene rings is 2. The molecule has 1 atom stereocenters. The van der Waals surface area contributed by atoms with Crippen molar-refractivity contribution in [1.29, 1.82) is 0 Å². The maximum Gasteiger partial charge on any atom is 0.237 e. The number of anilines is 1. The van der Waals surface area contributed by atoms with Gasteiger partial charge in [-0.05, 0) is 30.2 Å². The summed E-state index contributed by atoms with van der Waals surface area (Å²) in [5.41, 5.74) is 3.06. The van der Waals surface area contributed by atoms with Crippen LogP contribution in [0.4, 0.5) is 5.69 Å². The quantitative estimate of drug-likeness (QED) is 0.645. The molecule has 1 N–H and O–H groups in total. The van der Waals surface area contributed by atoms with Crippen molar-refractivity contribution >= 4 is 39.7 Å². The second-order valence-electron chi connectivity index (χ2n) is 4.47. The van der Waals surface area contributed by atoms with E-state index in [-0.39, 0.29) is 10.7 Å². The van der Waals surface area contributed by atoms with Crippen molar-refractivity contribution < 1.29 is 4.79 Å². The molecule has 2 nitrogen and oxygen atoms in total. The Morgan fingerprint density at radius 1 is 1.00 bits per heavy atom. The standard InChI is InChI=1S/C17H16BrNO/c1-13(18)17(20)19-16-11-9-15(10-12-16)8-7-14-5-3-2-4-6-14/h2-13H,1H3,(H,19,20)/b8-7+/t13-/m1/s1. The zero-order valence-electron chi connectivity index (χ0n) is 11.2. The molecule has 0 bridgehead atoms. The number of carbonyl (C=O) groups is 1. The summed E-state index contributed by atoms with van der Waals surface area (Å²) in [4.78, 5) is 11.3. The van der Waals surface area contributed by atoms with Gasteiger partial charge in [0, 0.05) is 5.69 Å². The zero-order valence-corrected chi connectivity index (χ0v) is 12.8. The number of halogens is 1. The first kappa shape index (κ1) is 14.5. The van der Waals surface area contributed by atoms with Crippen molar-refractivity contribution in [2.75, 3.05) is 5.32 Å². The van der Waals surface area contributed by atoms with E-state index in [1.807, 2.05) is 48.5 Å². The minimum absolute atomic E-state index is 0.0439. The van der Waals surface area contributed by atoms with Crippen LogP contribution in [0.15, 0.2) is 54.6 Å². The molecule has 0 fully saturated rings. The predicted octanol–water partition coefficient (Wildman–Crippen LogP) is 4.58. The molecule has 0 radical (unpaired) electrons. The van der Waals surface area contributed by atoms with E-state index in [4.69, 9.17) is 0 Å². The molecule has 2 rings (SSSR count). The van der Waals surface area contributed by atoms with Gasteiger partial charge in [0.05, 0.1) is 4.83 Å². The van der Waals surface area contributed by atoms with Gasteiger partial charge in [0.2, 0.25) is 5.91 Å². The van der Waals surface area contributed by atoms with E-state index in [1.165, 1.54) is 0 Å². The molecule has 3 heteroatoms. The van der Waals surface area contributed by atoms with Crippen LogP contribution in [0.3, 0.4) is 0 Å². The highest BCUT2D eigenvalue weighted by Crippen LogP contribution is 2.13. The Kier molecular flexibility index (Phi) is 5.13. The van der Waals surface area contributed by atoms with E-state index in [0.717, 1.165) is 16.8 Å². The van der Waals surface area contributed by atoms with Gasteiger partial charge in [-0.3, -0.25) is 4.79 Å². The highest BCUT2D eigenvalue weighted by Gasteiger charge is 2.07. The number of hydrogen-bond donors (Lipinski definition) is 1. The maximum absolute atomic E-state index is 11.5. The number of hydrogen-bond acceptors (Lipinski definition) is 1. The van der Waals surface area contributed by atoms with Crippen LogP contribution >= 0.6 is 15.9 Å². The lowest BCUT2D eigenvalue weighted by atomic mass is 10.1. The number of carbonyl (C=O) groups excluding carboxylic acids is 1. The molecule has 2 aromatic carbocycles. The van der Waals surface area contributed by atoms with Crippen molar-refractivity contribution in [3.05, 3.63) is 65.7 Å². The van der Waals surface area contributed by atoms with Crippen molar-refractivity contribution in [1.82, 2.24) is 0 Å². The molecule has 0 aromatic heterocycles. The minimum atomic E-state index is -0.194. The lowest BCUT2D eigenvalue weighted by Crippen LogP contribution is -2.19. The van der Waals surface area contributed by atoms with Gasteiger partial charge in [0.1, 0.15) is 0 Å². The van der Waals surface area contributed by atoms with E-state index in [1.54, 1.807) is 6.92 Å². The normalized spacial score (nSPS) is 12.3. The largest absolute Gasteiger partial charge is 0.325 e. The van der Waals surface area contributed by atoms with Gasteiger partial charge in [-0.15, -0.1) is 0 Å². The van der Waals surface area contributed by atoms with Crippen LogP contribution in [0.2, 0.25) is 0 Å². The monoisotopic (exact) mass is 329 g/mol. The summed E-state index contributed by atoms with van der Waals surface area (Å²) in [5.74, 6) is -0.0439. The zero-order chi connectivity index (χ0) is 14.4. The van der Waals surface area contributed by atoms with E-state index >= 15 is 0 Å². The Labute approximate surface area is 127 Å². The highest BCUT2D eigenvalue weighted by atomic mass is 79.9. The van der Waals surface area contributed by atoms with Crippen molar-refractivity contribution in [2.45, 2.75) is 11.8 Å². The van der Waals surface area contributed by atoms with E-state index < -0.39 is 0 Å². The highest BCUT2D eigenvalue weighted by molar-refractivity contribution is 9.10. The van der Waals surface area contributed by atoms with Gasteiger partial charge in [-0.25, -0.2) is 0 Å². The van der Waals surface area contributed by atoms with Crippen LogP contribution in [0, 0.1) is 0 Å². The molecule has 0 aliphatic heterocycles. The SMILES string of the molecule is C[C@@H](Br)C(=O)Nc1ccc(/C=C/c2ccccc2)cc1. The average Bonchev–Trinajstić information content (AvgIpc) is 2.47. The number of rotatable bonds is 4. The molecule has 0 heterocycles. The van der Waals surface area contributed by atoms with E-state index in [0.29, 0.717) is 0 Å². The summed E-state index contributed by atoms with van der Waals surface area (Å²) >= 11 is 3.24. The summed E-state index contributed by atoms with van der Waals surface area (Å²) in [6.07, 6.45) is 4.11. The average molecular weight is 330 g/mol. The smallest absolute Gasteiger partial charge is 0.237 e. The summed E-state index contributed by atoms with van der Waals surface area (Å²) in [6.45, 7) is 1.80. The third-order valence-electron chi connectivity index (χ3n) is 2.81. The fraction of sp³-hybridized carbons (Fsp3) is 0.118. The van der Waals surface area contributed by atoms with E-state index in [2.05, 4.69) is 39.5 Å². The Bertz CT molecular complexity index is 588. The minimum Gasteiger partial charge on any atom is -0.325 e. The molecule has 20 heavy (non-hydrogen) atoms. The van der Waals surface area contributed by atoms with Gasteiger partial charge in [-0.2, -0.15) is 0 Å². The van der Waals surface area contributed by atoms with Gasteiger partial charge in [0.15, 0.2) is 0 Å². The van der Waals surface area contributed by atoms with Crippen LogP contribution in [-0.4, -0.2) is 10.7 Å². The molecular formula is C17H16BrNO. The second-order valence-corrected chi connectivity index (χ2v) is 5.84. The maximum atomic E-state index is 11.5. The van der Waals surface area contributed by atoms with Crippen LogP contribution in [0.1, 0.15) is 18.1 Å². The lowest BCUT2D eigenvalue weighted by Gasteiger charge is -2.06. The Morgan fingerprint density at radius 3 is 2.10 bits per heavy atom. The van der Waals surface area contributed by atoms with Crippen LogP contribution in [0.25, 0.3) is 12.2 Å². The van der Waals surface area contributed by atoms with Crippen LogP contribution < -0.4 is 5.32 Å². The van der Waals surface area contributed by atoms with Crippen molar-refractivity contribution in [2.24, 2.45) is 0 Å². The van der Waals surface area contributed by atoms with Gasteiger partial charge in [-0.1, -0.05) is 70.5 Å². The fourth-order valence-electron chi connectivity index (χ4n) is 1.68. The van der Waals surface area contributed by atoms with Gasteiger partial charge < -0.3 is 5.32 Å². The molecule has 0 spiro atoms. The first-order valence-corrected chi connectivity index (χ1v) is 7.35. The Balaban J connectivity index is 2.02. The fourth-order valence-corrected chi connectivity index (χ4v) is 1.79.